The molecule has 0 atom stereocenters. The molecule has 0 saturated carbocycles. The van der Waals surface area contributed by atoms with Crippen LogP contribution in [-0.2, 0) is 6.61 Å². The standard InChI is InChI=1S/C22H31N3O2/c1-26-20-8-6-7-19(17-20)18-27-22-10-3-2-9-21(22)25-15-13-24(14-16-25)12-5-4-11-23/h2-3,6-10,17H,4-5,11-16,18,23H2,1H3. The maximum atomic E-state index is 6.16. The maximum absolute atomic E-state index is 6.16. The summed E-state index contributed by atoms with van der Waals surface area (Å²) in [4.78, 5) is 4.96. The topological polar surface area (TPSA) is 51.0 Å². The van der Waals surface area contributed by atoms with Crippen LogP contribution in [0.2, 0.25) is 0 Å². The monoisotopic (exact) mass is 369 g/mol. The van der Waals surface area contributed by atoms with E-state index in [2.05, 4.69) is 34.1 Å². The molecule has 146 valence electrons. The molecule has 0 unspecified atom stereocenters. The zero-order valence-corrected chi connectivity index (χ0v) is 16.3. The van der Waals surface area contributed by atoms with Crippen LogP contribution in [0.3, 0.4) is 0 Å². The van der Waals surface area contributed by atoms with E-state index in [1.165, 1.54) is 12.1 Å². The molecule has 0 aliphatic carbocycles. The van der Waals surface area contributed by atoms with E-state index in [1.54, 1.807) is 7.11 Å². The Bertz CT molecular complexity index is 699. The van der Waals surface area contributed by atoms with Gasteiger partial charge in [-0.3, -0.25) is 4.90 Å². The van der Waals surface area contributed by atoms with Crippen molar-refractivity contribution in [1.29, 1.82) is 0 Å². The molecular weight excluding hydrogens is 338 g/mol. The molecule has 1 fully saturated rings. The molecule has 5 heteroatoms. The molecule has 2 aromatic carbocycles. The van der Waals surface area contributed by atoms with Crippen LogP contribution in [0.4, 0.5) is 5.69 Å². The minimum atomic E-state index is 0.535. The number of hydrogen-bond acceptors (Lipinski definition) is 5. The van der Waals surface area contributed by atoms with Crippen molar-refractivity contribution in [3.05, 3.63) is 54.1 Å². The summed E-state index contributed by atoms with van der Waals surface area (Å²) in [6, 6.07) is 16.4. The van der Waals surface area contributed by atoms with E-state index in [4.69, 9.17) is 15.2 Å². The summed E-state index contributed by atoms with van der Waals surface area (Å²) < 4.78 is 11.5. The first kappa shape index (κ1) is 19.5. The molecule has 3 rings (SSSR count). The summed E-state index contributed by atoms with van der Waals surface area (Å²) in [6.07, 6.45) is 2.30. The van der Waals surface area contributed by atoms with Crippen molar-refractivity contribution in [1.82, 2.24) is 4.90 Å². The maximum Gasteiger partial charge on any atom is 0.143 e. The van der Waals surface area contributed by atoms with Gasteiger partial charge in [-0.2, -0.15) is 0 Å². The Kier molecular flexibility index (Phi) is 7.36. The van der Waals surface area contributed by atoms with E-state index in [0.717, 1.165) is 62.8 Å². The van der Waals surface area contributed by atoms with Gasteiger partial charge in [0.25, 0.3) is 0 Å². The lowest BCUT2D eigenvalue weighted by Gasteiger charge is -2.36. The summed E-state index contributed by atoms with van der Waals surface area (Å²) in [5, 5.41) is 0. The summed E-state index contributed by atoms with van der Waals surface area (Å²) in [5.74, 6) is 1.80. The predicted octanol–water partition coefficient (Wildman–Crippen LogP) is 3.14. The Balaban J connectivity index is 1.58. The lowest BCUT2D eigenvalue weighted by atomic mass is 10.2. The Labute approximate surface area is 162 Å². The van der Waals surface area contributed by atoms with Crippen LogP contribution in [0.25, 0.3) is 0 Å². The highest BCUT2D eigenvalue weighted by Gasteiger charge is 2.19. The minimum absolute atomic E-state index is 0.535. The fourth-order valence-electron chi connectivity index (χ4n) is 3.46. The number of ether oxygens (including phenoxy) is 2. The Morgan fingerprint density at radius 3 is 2.56 bits per heavy atom. The number of nitrogens with two attached hydrogens (primary N) is 1. The van der Waals surface area contributed by atoms with Crippen LogP contribution in [0.1, 0.15) is 18.4 Å². The van der Waals surface area contributed by atoms with Gasteiger partial charge in [0.15, 0.2) is 0 Å². The van der Waals surface area contributed by atoms with Crippen molar-refractivity contribution in [2.24, 2.45) is 5.73 Å². The third-order valence-corrected chi connectivity index (χ3v) is 5.04. The van der Waals surface area contributed by atoms with Gasteiger partial charge in [0.1, 0.15) is 18.1 Å². The van der Waals surface area contributed by atoms with Gasteiger partial charge in [-0.05, 0) is 55.8 Å². The van der Waals surface area contributed by atoms with E-state index in [0.29, 0.717) is 6.61 Å². The molecule has 1 aliphatic heterocycles. The van der Waals surface area contributed by atoms with Gasteiger partial charge in [0.2, 0.25) is 0 Å². The second-order valence-electron chi connectivity index (χ2n) is 6.93. The SMILES string of the molecule is COc1cccc(COc2ccccc2N2CCN(CCCCN)CC2)c1. The molecule has 27 heavy (non-hydrogen) atoms. The first-order valence-electron chi connectivity index (χ1n) is 9.82. The molecule has 2 aromatic rings. The molecule has 1 aliphatic rings. The van der Waals surface area contributed by atoms with Gasteiger partial charge in [0.05, 0.1) is 12.8 Å². The van der Waals surface area contributed by atoms with Crippen LogP contribution >= 0.6 is 0 Å². The van der Waals surface area contributed by atoms with E-state index >= 15 is 0 Å². The van der Waals surface area contributed by atoms with Crippen LogP contribution in [-0.4, -0.2) is 51.3 Å². The average Bonchev–Trinajstić information content (AvgIpc) is 2.73. The summed E-state index contributed by atoms with van der Waals surface area (Å²) >= 11 is 0. The Morgan fingerprint density at radius 2 is 1.78 bits per heavy atom. The molecule has 0 amide bonds. The number of hydrogen-bond donors (Lipinski definition) is 1. The smallest absolute Gasteiger partial charge is 0.143 e. The van der Waals surface area contributed by atoms with Crippen molar-refractivity contribution < 1.29 is 9.47 Å². The number of nitrogens with zero attached hydrogens (tertiary/aromatic N) is 2. The van der Waals surface area contributed by atoms with Crippen molar-refractivity contribution in [2.75, 3.05) is 51.3 Å². The second kappa shape index (κ2) is 10.2. The average molecular weight is 370 g/mol. The third-order valence-electron chi connectivity index (χ3n) is 5.04. The van der Waals surface area contributed by atoms with Gasteiger partial charge in [0, 0.05) is 26.2 Å². The van der Waals surface area contributed by atoms with Crippen molar-refractivity contribution in [2.45, 2.75) is 19.4 Å². The highest BCUT2D eigenvalue weighted by molar-refractivity contribution is 5.58. The number of methoxy groups -OCH3 is 1. The number of unbranched alkanes of at least 4 members (excludes halogenated alkanes) is 1. The molecular formula is C22H31N3O2. The second-order valence-corrected chi connectivity index (χ2v) is 6.93. The van der Waals surface area contributed by atoms with Crippen LogP contribution in [0.5, 0.6) is 11.5 Å². The van der Waals surface area contributed by atoms with Crippen molar-refractivity contribution >= 4 is 5.69 Å². The highest BCUT2D eigenvalue weighted by Crippen LogP contribution is 2.30. The third kappa shape index (κ3) is 5.62. The van der Waals surface area contributed by atoms with Gasteiger partial charge < -0.3 is 20.1 Å². The van der Waals surface area contributed by atoms with Gasteiger partial charge in [-0.15, -0.1) is 0 Å². The van der Waals surface area contributed by atoms with E-state index in [9.17, 15) is 0 Å². The molecule has 0 radical (unpaired) electrons. The quantitative estimate of drug-likeness (QED) is 0.688. The normalized spacial score (nSPS) is 15.0. The fourth-order valence-corrected chi connectivity index (χ4v) is 3.46. The van der Waals surface area contributed by atoms with Gasteiger partial charge in [-0.1, -0.05) is 24.3 Å². The van der Waals surface area contributed by atoms with Crippen molar-refractivity contribution in [3.8, 4) is 11.5 Å². The largest absolute Gasteiger partial charge is 0.497 e. The van der Waals surface area contributed by atoms with Crippen LogP contribution in [0.15, 0.2) is 48.5 Å². The van der Waals surface area contributed by atoms with Crippen LogP contribution in [0, 0.1) is 0 Å². The molecule has 5 nitrogen and oxygen atoms in total. The molecule has 0 bridgehead atoms. The number of piperazine rings is 1. The van der Waals surface area contributed by atoms with Crippen molar-refractivity contribution in [3.63, 3.8) is 0 Å². The van der Waals surface area contributed by atoms with E-state index in [-0.39, 0.29) is 0 Å². The predicted molar refractivity (Wildman–Crippen MR) is 111 cm³/mol. The zero-order valence-electron chi connectivity index (χ0n) is 16.3. The van der Waals surface area contributed by atoms with Crippen LogP contribution < -0.4 is 20.1 Å². The minimum Gasteiger partial charge on any atom is -0.497 e. The Morgan fingerprint density at radius 1 is 0.963 bits per heavy atom. The number of rotatable bonds is 9. The molecule has 2 N–H and O–H groups in total. The molecule has 1 saturated heterocycles. The van der Waals surface area contributed by atoms with Gasteiger partial charge >= 0.3 is 0 Å². The number of para-hydroxylation sites is 2. The summed E-state index contributed by atoms with van der Waals surface area (Å²) in [5.41, 5.74) is 7.89. The fraction of sp³-hybridized carbons (Fsp3) is 0.455. The lowest BCUT2D eigenvalue weighted by Crippen LogP contribution is -2.46. The lowest BCUT2D eigenvalue weighted by molar-refractivity contribution is 0.251. The van der Waals surface area contributed by atoms with Gasteiger partial charge in [-0.25, -0.2) is 0 Å². The van der Waals surface area contributed by atoms with E-state index < -0.39 is 0 Å². The number of benzene rings is 2. The summed E-state index contributed by atoms with van der Waals surface area (Å²) in [6.45, 7) is 6.72. The van der Waals surface area contributed by atoms with E-state index in [1.807, 2.05) is 24.3 Å². The zero-order chi connectivity index (χ0) is 18.9. The molecule has 0 spiro atoms. The number of anilines is 1. The first-order valence-corrected chi connectivity index (χ1v) is 9.82. The first-order chi connectivity index (χ1) is 13.3. The molecule has 1 heterocycles. The highest BCUT2D eigenvalue weighted by atomic mass is 16.5. The summed E-state index contributed by atoms with van der Waals surface area (Å²) in [7, 11) is 1.69. The molecule has 0 aromatic heterocycles. The Hall–Kier alpha value is -2.24.